The van der Waals surface area contributed by atoms with Crippen LogP contribution < -0.4 is 4.74 Å². The van der Waals surface area contributed by atoms with Crippen LogP contribution in [0, 0.1) is 0 Å². The second kappa shape index (κ2) is 6.73. The van der Waals surface area contributed by atoms with E-state index in [4.69, 9.17) is 9.47 Å². The first kappa shape index (κ1) is 14.8. The fraction of sp³-hybridized carbons (Fsp3) is 0.538. The number of rotatable bonds is 5. The van der Waals surface area contributed by atoms with Crippen LogP contribution in [0.3, 0.4) is 0 Å². The van der Waals surface area contributed by atoms with Gasteiger partial charge in [-0.3, -0.25) is 0 Å². The van der Waals surface area contributed by atoms with Crippen LogP contribution in [-0.2, 0) is 4.74 Å². The highest BCUT2D eigenvalue weighted by Gasteiger charge is 2.42. The Kier molecular flexibility index (Phi) is 5.54. The smallest absolute Gasteiger partial charge is 0.148 e. The van der Waals surface area contributed by atoms with Crippen LogP contribution in [-0.4, -0.2) is 23.6 Å². The molecule has 100 valence electrons. The normalized spacial score (nSPS) is 26.8. The molecule has 0 heterocycles. The Morgan fingerprint density at radius 2 is 1.94 bits per heavy atom. The number of ether oxygens (including phenoxy) is 2. The number of halogens is 3. The molecule has 5 heteroatoms. The van der Waals surface area contributed by atoms with E-state index < -0.39 is 0 Å². The third-order valence-electron chi connectivity index (χ3n) is 2.88. The molecule has 0 aliphatic heterocycles. The lowest BCUT2D eigenvalue weighted by molar-refractivity contribution is -0.0766. The van der Waals surface area contributed by atoms with E-state index >= 15 is 0 Å². The van der Waals surface area contributed by atoms with Crippen molar-refractivity contribution in [3.05, 3.63) is 27.1 Å². The van der Waals surface area contributed by atoms with E-state index in [1.165, 1.54) is 0 Å². The average molecular weight is 443 g/mol. The van der Waals surface area contributed by atoms with Gasteiger partial charge in [-0.05, 0) is 50.4 Å². The van der Waals surface area contributed by atoms with Crippen molar-refractivity contribution >= 4 is 47.8 Å². The van der Waals surface area contributed by atoms with Crippen molar-refractivity contribution in [2.75, 3.05) is 6.61 Å². The summed E-state index contributed by atoms with van der Waals surface area (Å²) >= 11 is 10.6. The minimum absolute atomic E-state index is 0.121. The summed E-state index contributed by atoms with van der Waals surface area (Å²) in [5.74, 6) is 0.854. The number of alkyl halides is 1. The van der Waals surface area contributed by atoms with Crippen LogP contribution in [0.15, 0.2) is 27.1 Å². The molecule has 18 heavy (non-hydrogen) atoms. The van der Waals surface area contributed by atoms with Gasteiger partial charge in [-0.25, -0.2) is 0 Å². The molecule has 0 N–H and O–H groups in total. The summed E-state index contributed by atoms with van der Waals surface area (Å²) in [6.45, 7) is 2.89. The average Bonchev–Trinajstić information content (AvgIpc) is 2.33. The molecule has 1 fully saturated rings. The van der Waals surface area contributed by atoms with Crippen molar-refractivity contribution in [3.63, 3.8) is 0 Å². The van der Waals surface area contributed by atoms with Crippen LogP contribution in [0.25, 0.3) is 0 Å². The predicted molar refractivity (Wildman–Crippen MR) is 83.6 cm³/mol. The monoisotopic (exact) mass is 440 g/mol. The maximum absolute atomic E-state index is 6.04. The Hall–Kier alpha value is 0.420. The molecule has 1 aromatic carbocycles. The fourth-order valence-electron chi connectivity index (χ4n) is 1.85. The molecule has 3 atom stereocenters. The van der Waals surface area contributed by atoms with Gasteiger partial charge in [0.2, 0.25) is 0 Å². The lowest BCUT2D eigenvalue weighted by Crippen LogP contribution is -2.52. The van der Waals surface area contributed by atoms with Crippen LogP contribution in [0.5, 0.6) is 5.75 Å². The molecule has 0 aromatic heterocycles. The summed E-state index contributed by atoms with van der Waals surface area (Å²) in [4.78, 5) is 0.398. The summed E-state index contributed by atoms with van der Waals surface area (Å²) in [5, 5.41) is 0. The first-order chi connectivity index (χ1) is 8.63. The largest absolute Gasteiger partial charge is 0.485 e. The Morgan fingerprint density at radius 1 is 1.28 bits per heavy atom. The highest BCUT2D eigenvalue weighted by Crippen LogP contribution is 2.39. The summed E-state index contributed by atoms with van der Waals surface area (Å²) in [5.41, 5.74) is 0. The van der Waals surface area contributed by atoms with E-state index in [9.17, 15) is 0 Å². The molecular formula is C13H15Br3O2. The first-order valence-electron chi connectivity index (χ1n) is 5.99. The maximum atomic E-state index is 6.04. The van der Waals surface area contributed by atoms with Gasteiger partial charge >= 0.3 is 0 Å². The van der Waals surface area contributed by atoms with Crippen molar-refractivity contribution in [2.45, 2.75) is 36.8 Å². The zero-order chi connectivity index (χ0) is 13.1. The summed E-state index contributed by atoms with van der Waals surface area (Å²) in [6.07, 6.45) is 2.27. The molecule has 2 nitrogen and oxygen atoms in total. The second-order valence-corrected chi connectivity index (χ2v) is 7.18. The van der Waals surface area contributed by atoms with Gasteiger partial charge < -0.3 is 9.47 Å². The summed E-state index contributed by atoms with van der Waals surface area (Å²) in [7, 11) is 0. The Balaban J connectivity index is 2.01. The molecule has 1 aromatic rings. The second-order valence-electron chi connectivity index (χ2n) is 4.29. The standard InChI is InChI=1S/C13H15Br3O2/c1-2-6-17-13-10(16)7-11(13)18-12-8(14)4-3-5-9(12)15/h3-5,10-11,13H,2,6-7H2,1H3. The Labute approximate surface area is 133 Å². The fourth-order valence-corrected chi connectivity index (χ4v) is 3.90. The van der Waals surface area contributed by atoms with E-state index in [1.54, 1.807) is 0 Å². The topological polar surface area (TPSA) is 18.5 Å². The van der Waals surface area contributed by atoms with Crippen LogP contribution in [0.1, 0.15) is 19.8 Å². The van der Waals surface area contributed by atoms with E-state index in [0.29, 0.717) is 4.83 Å². The third-order valence-corrected chi connectivity index (χ3v) is 5.03. The molecular weight excluding hydrogens is 428 g/mol. The first-order valence-corrected chi connectivity index (χ1v) is 8.50. The van der Waals surface area contributed by atoms with Gasteiger partial charge in [0.1, 0.15) is 18.0 Å². The molecule has 0 bridgehead atoms. The van der Waals surface area contributed by atoms with Gasteiger partial charge in [-0.1, -0.05) is 28.9 Å². The van der Waals surface area contributed by atoms with Crippen LogP contribution >= 0.6 is 47.8 Å². The molecule has 0 saturated heterocycles. The molecule has 3 unspecified atom stereocenters. The van der Waals surface area contributed by atoms with E-state index in [2.05, 4.69) is 54.7 Å². The number of hydrogen-bond acceptors (Lipinski definition) is 2. The lowest BCUT2D eigenvalue weighted by Gasteiger charge is -2.41. The minimum Gasteiger partial charge on any atom is -0.485 e. The summed E-state index contributed by atoms with van der Waals surface area (Å²) in [6, 6.07) is 5.93. The quantitative estimate of drug-likeness (QED) is 0.602. The Morgan fingerprint density at radius 3 is 2.50 bits per heavy atom. The molecule has 2 rings (SSSR count). The van der Waals surface area contributed by atoms with Gasteiger partial charge in [-0.2, -0.15) is 0 Å². The van der Waals surface area contributed by atoms with Gasteiger partial charge in [0.15, 0.2) is 0 Å². The van der Waals surface area contributed by atoms with Crippen LogP contribution in [0.4, 0.5) is 0 Å². The van der Waals surface area contributed by atoms with Crippen molar-refractivity contribution < 1.29 is 9.47 Å². The highest BCUT2D eigenvalue weighted by molar-refractivity contribution is 9.11. The van der Waals surface area contributed by atoms with Crippen molar-refractivity contribution in [2.24, 2.45) is 0 Å². The minimum atomic E-state index is 0.121. The number of benzene rings is 1. The van der Waals surface area contributed by atoms with Crippen LogP contribution in [0.2, 0.25) is 0 Å². The molecule has 0 spiro atoms. The van der Waals surface area contributed by atoms with E-state index in [1.807, 2.05) is 18.2 Å². The van der Waals surface area contributed by atoms with Crippen molar-refractivity contribution in [1.82, 2.24) is 0 Å². The van der Waals surface area contributed by atoms with Crippen molar-refractivity contribution in [3.8, 4) is 5.75 Å². The van der Waals surface area contributed by atoms with E-state index in [-0.39, 0.29) is 12.2 Å². The van der Waals surface area contributed by atoms with E-state index in [0.717, 1.165) is 34.1 Å². The van der Waals surface area contributed by atoms with Gasteiger partial charge in [0, 0.05) is 17.9 Å². The molecule has 1 saturated carbocycles. The molecule has 0 amide bonds. The van der Waals surface area contributed by atoms with Gasteiger partial charge in [0.05, 0.1) is 8.95 Å². The highest BCUT2D eigenvalue weighted by atomic mass is 79.9. The predicted octanol–water partition coefficient (Wildman–Crippen LogP) is 4.92. The van der Waals surface area contributed by atoms with Gasteiger partial charge in [-0.15, -0.1) is 0 Å². The summed E-state index contributed by atoms with van der Waals surface area (Å²) < 4.78 is 13.8. The third kappa shape index (κ3) is 3.30. The maximum Gasteiger partial charge on any atom is 0.148 e. The molecule has 1 aliphatic rings. The SMILES string of the molecule is CCCOC1C(Br)CC1Oc1c(Br)cccc1Br. The molecule has 0 radical (unpaired) electrons. The zero-order valence-corrected chi connectivity index (χ0v) is 14.8. The molecule has 1 aliphatic carbocycles. The van der Waals surface area contributed by atoms with Crippen molar-refractivity contribution in [1.29, 1.82) is 0 Å². The van der Waals surface area contributed by atoms with Gasteiger partial charge in [0.25, 0.3) is 0 Å². The number of para-hydroxylation sites is 1. The number of hydrogen-bond donors (Lipinski definition) is 0. The zero-order valence-electron chi connectivity index (χ0n) is 10.0. The lowest BCUT2D eigenvalue weighted by atomic mass is 9.91. The Bertz CT molecular complexity index is 391.